The molecular weight excluding hydrogens is 304 g/mol. The molecule has 2 aromatic carbocycles. The number of rotatable bonds is 4. The molecule has 1 amide bonds. The first kappa shape index (κ1) is 15.2. The van der Waals surface area contributed by atoms with E-state index in [1.807, 2.05) is 73.7 Å². The number of benzene rings is 2. The number of amides is 1. The summed E-state index contributed by atoms with van der Waals surface area (Å²) in [4.78, 5) is 14.3. The molecule has 114 valence electrons. The molecule has 0 saturated heterocycles. The standard InChI is InChI=1S/C19H16N2OS/c1-14-7-12-18(23-14)13-20-21-19(22)17-10-8-16(9-11-17)15-5-3-2-4-6-15/h2-13H,1H3,(H,21,22). The maximum absolute atomic E-state index is 12.1. The third kappa shape index (κ3) is 3.93. The molecule has 23 heavy (non-hydrogen) atoms. The van der Waals surface area contributed by atoms with Crippen molar-refractivity contribution in [3.05, 3.63) is 82.0 Å². The van der Waals surface area contributed by atoms with Gasteiger partial charge in [-0.2, -0.15) is 5.10 Å². The third-order valence-electron chi connectivity index (χ3n) is 3.37. The molecule has 0 atom stereocenters. The summed E-state index contributed by atoms with van der Waals surface area (Å²) >= 11 is 1.63. The minimum atomic E-state index is -0.214. The van der Waals surface area contributed by atoms with Crippen molar-refractivity contribution in [3.8, 4) is 11.1 Å². The number of hydrogen-bond donors (Lipinski definition) is 1. The molecule has 0 bridgehead atoms. The quantitative estimate of drug-likeness (QED) is 0.558. The zero-order valence-corrected chi connectivity index (χ0v) is 13.5. The molecule has 0 aliphatic rings. The summed E-state index contributed by atoms with van der Waals surface area (Å²) in [6.07, 6.45) is 1.66. The van der Waals surface area contributed by atoms with Gasteiger partial charge in [0.2, 0.25) is 0 Å². The van der Waals surface area contributed by atoms with E-state index in [2.05, 4.69) is 10.5 Å². The predicted octanol–water partition coefficient (Wildman–Crippen LogP) is 4.49. The highest BCUT2D eigenvalue weighted by atomic mass is 32.1. The van der Waals surface area contributed by atoms with E-state index in [1.165, 1.54) is 4.88 Å². The van der Waals surface area contributed by atoms with E-state index >= 15 is 0 Å². The minimum absolute atomic E-state index is 0.214. The molecule has 4 heteroatoms. The molecule has 0 spiro atoms. The van der Waals surface area contributed by atoms with Gasteiger partial charge in [-0.15, -0.1) is 11.3 Å². The average Bonchev–Trinajstić information content (AvgIpc) is 3.01. The van der Waals surface area contributed by atoms with E-state index in [-0.39, 0.29) is 5.91 Å². The number of carbonyl (C=O) groups excluding carboxylic acids is 1. The molecule has 0 aliphatic heterocycles. The van der Waals surface area contributed by atoms with E-state index in [4.69, 9.17) is 0 Å². The summed E-state index contributed by atoms with van der Waals surface area (Å²) in [5.74, 6) is -0.214. The van der Waals surface area contributed by atoms with E-state index in [0.717, 1.165) is 16.0 Å². The first-order valence-electron chi connectivity index (χ1n) is 7.28. The summed E-state index contributed by atoms with van der Waals surface area (Å²) < 4.78 is 0. The van der Waals surface area contributed by atoms with Gasteiger partial charge in [0, 0.05) is 15.3 Å². The van der Waals surface area contributed by atoms with Crippen LogP contribution >= 0.6 is 11.3 Å². The van der Waals surface area contributed by atoms with Gasteiger partial charge >= 0.3 is 0 Å². The number of thiophene rings is 1. The van der Waals surface area contributed by atoms with Crippen LogP contribution in [0, 0.1) is 6.92 Å². The monoisotopic (exact) mass is 320 g/mol. The van der Waals surface area contributed by atoms with E-state index in [1.54, 1.807) is 17.6 Å². The second-order valence-corrected chi connectivity index (χ2v) is 6.41. The number of nitrogens with one attached hydrogen (secondary N) is 1. The SMILES string of the molecule is Cc1ccc(C=NNC(=O)c2ccc(-c3ccccc3)cc2)s1. The average molecular weight is 320 g/mol. The number of hydrazone groups is 1. The van der Waals surface area contributed by atoms with Crippen molar-refractivity contribution in [1.82, 2.24) is 5.43 Å². The van der Waals surface area contributed by atoms with E-state index < -0.39 is 0 Å². The Morgan fingerprint density at radius 1 is 0.957 bits per heavy atom. The van der Waals surface area contributed by atoms with Crippen molar-refractivity contribution < 1.29 is 4.79 Å². The van der Waals surface area contributed by atoms with Crippen molar-refractivity contribution in [2.75, 3.05) is 0 Å². The Morgan fingerprint density at radius 2 is 1.65 bits per heavy atom. The van der Waals surface area contributed by atoms with Crippen LogP contribution in [0.15, 0.2) is 71.8 Å². The Hall–Kier alpha value is -2.72. The van der Waals surface area contributed by atoms with E-state index in [9.17, 15) is 4.79 Å². The zero-order chi connectivity index (χ0) is 16.1. The molecule has 0 saturated carbocycles. The molecular formula is C19H16N2OS. The van der Waals surface area contributed by atoms with Crippen LogP contribution in [-0.4, -0.2) is 12.1 Å². The Balaban J connectivity index is 1.65. The minimum Gasteiger partial charge on any atom is -0.267 e. The molecule has 0 radical (unpaired) electrons. The summed E-state index contributed by atoms with van der Waals surface area (Å²) in [6, 6.07) is 21.6. The lowest BCUT2D eigenvalue weighted by Gasteiger charge is -2.03. The van der Waals surface area contributed by atoms with Crippen LogP contribution in [-0.2, 0) is 0 Å². The highest BCUT2D eigenvalue weighted by Crippen LogP contribution is 2.19. The van der Waals surface area contributed by atoms with Gasteiger partial charge in [0.25, 0.3) is 5.91 Å². The van der Waals surface area contributed by atoms with Gasteiger partial charge in [-0.25, -0.2) is 5.43 Å². The molecule has 3 aromatic rings. The number of hydrogen-bond acceptors (Lipinski definition) is 3. The maximum Gasteiger partial charge on any atom is 0.271 e. The number of nitrogens with zero attached hydrogens (tertiary/aromatic N) is 1. The summed E-state index contributed by atoms with van der Waals surface area (Å²) in [7, 11) is 0. The van der Waals surface area contributed by atoms with Gasteiger partial charge in [0.05, 0.1) is 6.21 Å². The van der Waals surface area contributed by atoms with Crippen LogP contribution in [0.1, 0.15) is 20.1 Å². The largest absolute Gasteiger partial charge is 0.271 e. The Labute approximate surface area is 139 Å². The van der Waals surface area contributed by atoms with E-state index in [0.29, 0.717) is 5.56 Å². The van der Waals surface area contributed by atoms with Crippen molar-refractivity contribution in [2.45, 2.75) is 6.92 Å². The molecule has 1 heterocycles. The second-order valence-electron chi connectivity index (χ2n) is 5.09. The van der Waals surface area contributed by atoms with Gasteiger partial charge < -0.3 is 0 Å². The van der Waals surface area contributed by atoms with Gasteiger partial charge in [0.1, 0.15) is 0 Å². The summed E-state index contributed by atoms with van der Waals surface area (Å²) in [5, 5.41) is 4.00. The topological polar surface area (TPSA) is 41.5 Å². The van der Waals surface area contributed by atoms with Crippen LogP contribution < -0.4 is 5.43 Å². The zero-order valence-electron chi connectivity index (χ0n) is 12.7. The van der Waals surface area contributed by atoms with Gasteiger partial charge in [-0.3, -0.25) is 4.79 Å². The Kier molecular flexibility index (Phi) is 4.64. The van der Waals surface area contributed by atoms with Crippen molar-refractivity contribution in [3.63, 3.8) is 0 Å². The first-order valence-corrected chi connectivity index (χ1v) is 8.09. The smallest absolute Gasteiger partial charge is 0.267 e. The lowest BCUT2D eigenvalue weighted by molar-refractivity contribution is 0.0955. The van der Waals surface area contributed by atoms with Crippen molar-refractivity contribution in [2.24, 2.45) is 5.10 Å². The molecule has 0 unspecified atom stereocenters. The Morgan fingerprint density at radius 3 is 2.30 bits per heavy atom. The molecule has 1 N–H and O–H groups in total. The predicted molar refractivity (Wildman–Crippen MR) is 96.0 cm³/mol. The normalized spacial score (nSPS) is 10.8. The maximum atomic E-state index is 12.1. The van der Waals surface area contributed by atoms with Gasteiger partial charge in [-0.05, 0) is 42.3 Å². The Bertz CT molecular complexity index is 820. The van der Waals surface area contributed by atoms with Crippen LogP contribution in [0.4, 0.5) is 0 Å². The lowest BCUT2D eigenvalue weighted by atomic mass is 10.0. The molecule has 0 aliphatic carbocycles. The number of carbonyl (C=O) groups is 1. The van der Waals surface area contributed by atoms with Gasteiger partial charge in [-0.1, -0.05) is 42.5 Å². The molecule has 3 nitrogen and oxygen atoms in total. The molecule has 1 aromatic heterocycles. The van der Waals surface area contributed by atoms with Crippen molar-refractivity contribution >= 4 is 23.5 Å². The highest BCUT2D eigenvalue weighted by molar-refractivity contribution is 7.13. The lowest BCUT2D eigenvalue weighted by Crippen LogP contribution is -2.17. The second kappa shape index (κ2) is 7.03. The van der Waals surface area contributed by atoms with Crippen LogP contribution in [0.2, 0.25) is 0 Å². The third-order valence-corrected chi connectivity index (χ3v) is 4.31. The summed E-state index contributed by atoms with van der Waals surface area (Å²) in [5.41, 5.74) is 5.35. The van der Waals surface area contributed by atoms with Crippen LogP contribution in [0.25, 0.3) is 11.1 Å². The fraction of sp³-hybridized carbons (Fsp3) is 0.0526. The van der Waals surface area contributed by atoms with Gasteiger partial charge in [0.15, 0.2) is 0 Å². The van der Waals surface area contributed by atoms with Crippen molar-refractivity contribution in [1.29, 1.82) is 0 Å². The summed E-state index contributed by atoms with van der Waals surface area (Å²) in [6.45, 7) is 2.04. The first-order chi connectivity index (χ1) is 11.2. The van der Waals surface area contributed by atoms with Crippen LogP contribution in [0.5, 0.6) is 0 Å². The number of aryl methyl sites for hydroxylation is 1. The molecule has 0 fully saturated rings. The fourth-order valence-corrected chi connectivity index (χ4v) is 2.94. The molecule has 3 rings (SSSR count). The van der Waals surface area contributed by atoms with Crippen LogP contribution in [0.3, 0.4) is 0 Å². The fourth-order valence-electron chi connectivity index (χ4n) is 2.19. The highest BCUT2D eigenvalue weighted by Gasteiger charge is 2.04.